The van der Waals surface area contributed by atoms with Crippen LogP contribution in [0.25, 0.3) is 0 Å². The molecular formula is C20H25NO3. The van der Waals surface area contributed by atoms with Crippen molar-refractivity contribution in [2.45, 2.75) is 47.1 Å². The molecule has 1 N–H and O–H groups in total. The first-order chi connectivity index (χ1) is 11.5. The number of hydrogen-bond donors (Lipinski definition) is 1. The zero-order valence-electron chi connectivity index (χ0n) is 14.8. The molecule has 0 fully saturated rings. The Labute approximate surface area is 143 Å². The van der Waals surface area contributed by atoms with Crippen LogP contribution in [-0.2, 0) is 17.8 Å². The lowest BCUT2D eigenvalue weighted by atomic mass is 10.1. The summed E-state index contributed by atoms with van der Waals surface area (Å²) >= 11 is 0. The molecule has 0 aliphatic rings. The predicted molar refractivity (Wildman–Crippen MR) is 95.6 cm³/mol. The van der Waals surface area contributed by atoms with Crippen LogP contribution in [-0.4, -0.2) is 11.1 Å². The zero-order valence-corrected chi connectivity index (χ0v) is 14.8. The molecule has 0 aliphatic heterocycles. The van der Waals surface area contributed by atoms with Crippen LogP contribution >= 0.6 is 0 Å². The van der Waals surface area contributed by atoms with Gasteiger partial charge in [-0.15, -0.1) is 0 Å². The van der Waals surface area contributed by atoms with Gasteiger partial charge >= 0.3 is 0 Å². The number of ether oxygens (including phenoxy) is 1. The van der Waals surface area contributed by atoms with E-state index in [0.717, 1.165) is 33.9 Å². The summed E-state index contributed by atoms with van der Waals surface area (Å²) in [5.41, 5.74) is 4.56. The molecule has 0 saturated carbocycles. The number of amides is 1. The number of benzene rings is 2. The molecule has 4 nitrogen and oxygen atoms in total. The third-order valence-electron chi connectivity index (χ3n) is 4.04. The van der Waals surface area contributed by atoms with Crippen molar-refractivity contribution in [3.05, 3.63) is 58.7 Å². The fourth-order valence-electron chi connectivity index (χ4n) is 2.53. The Bertz CT molecular complexity index is 725. The minimum Gasteiger partial charge on any atom is -0.489 e. The highest BCUT2D eigenvalue weighted by molar-refractivity contribution is 5.91. The summed E-state index contributed by atoms with van der Waals surface area (Å²) in [5, 5.41) is 10.9. The number of nitrogens with zero attached hydrogens (tertiary/aromatic N) is 1. The first-order valence-corrected chi connectivity index (χ1v) is 8.30. The minimum atomic E-state index is -0.342. The standard InChI is InChI=1S/C20H25NO3/c1-5-16-8-10-19(15(4)12-16)24-13-17-9-7-14(3)11-18(17)21(23)20(22)6-2/h7-12,23H,5-6,13H2,1-4H3. The molecule has 1 amide bonds. The topological polar surface area (TPSA) is 49.8 Å². The summed E-state index contributed by atoms with van der Waals surface area (Å²) in [5.74, 6) is 0.468. The van der Waals surface area contributed by atoms with E-state index in [1.54, 1.807) is 13.0 Å². The summed E-state index contributed by atoms with van der Waals surface area (Å²) in [6.45, 7) is 8.07. The van der Waals surface area contributed by atoms with Gasteiger partial charge in [-0.2, -0.15) is 5.06 Å². The lowest BCUT2D eigenvalue weighted by molar-refractivity contribution is -0.123. The van der Waals surface area contributed by atoms with Crippen molar-refractivity contribution < 1.29 is 14.7 Å². The van der Waals surface area contributed by atoms with Crippen molar-refractivity contribution in [2.24, 2.45) is 0 Å². The Kier molecular flexibility index (Phi) is 5.99. The predicted octanol–water partition coefficient (Wildman–Crippen LogP) is 4.58. The van der Waals surface area contributed by atoms with E-state index < -0.39 is 0 Å². The number of carbonyl (C=O) groups excluding carboxylic acids is 1. The molecule has 0 spiro atoms. The fraction of sp³-hybridized carbons (Fsp3) is 0.350. The molecule has 0 bridgehead atoms. The molecule has 128 valence electrons. The second-order valence-corrected chi connectivity index (χ2v) is 5.93. The molecule has 0 unspecified atom stereocenters. The molecule has 24 heavy (non-hydrogen) atoms. The van der Waals surface area contributed by atoms with Crippen molar-refractivity contribution in [1.82, 2.24) is 0 Å². The average Bonchev–Trinajstić information content (AvgIpc) is 2.59. The Hall–Kier alpha value is -2.33. The van der Waals surface area contributed by atoms with Gasteiger partial charge in [0.25, 0.3) is 0 Å². The van der Waals surface area contributed by atoms with Gasteiger partial charge < -0.3 is 4.74 Å². The van der Waals surface area contributed by atoms with Crippen LogP contribution in [0.15, 0.2) is 36.4 Å². The Balaban J connectivity index is 2.22. The molecule has 0 atom stereocenters. The zero-order chi connectivity index (χ0) is 17.7. The van der Waals surface area contributed by atoms with Gasteiger partial charge in [0, 0.05) is 12.0 Å². The van der Waals surface area contributed by atoms with Crippen molar-refractivity contribution in [2.75, 3.05) is 5.06 Å². The molecule has 0 aromatic heterocycles. The maximum Gasteiger partial charge on any atom is 0.250 e. The summed E-state index contributed by atoms with van der Waals surface area (Å²) in [7, 11) is 0. The lowest BCUT2D eigenvalue weighted by Crippen LogP contribution is -2.27. The number of carbonyl (C=O) groups is 1. The third-order valence-corrected chi connectivity index (χ3v) is 4.04. The number of hydroxylamine groups is 1. The van der Waals surface area contributed by atoms with E-state index in [4.69, 9.17) is 4.74 Å². The molecule has 0 saturated heterocycles. The van der Waals surface area contributed by atoms with Gasteiger partial charge in [-0.1, -0.05) is 38.1 Å². The van der Waals surface area contributed by atoms with E-state index in [0.29, 0.717) is 5.69 Å². The van der Waals surface area contributed by atoms with E-state index in [1.165, 1.54) is 5.56 Å². The summed E-state index contributed by atoms with van der Waals surface area (Å²) in [6, 6.07) is 11.8. The number of aryl methyl sites for hydroxylation is 3. The Morgan fingerprint density at radius 3 is 2.50 bits per heavy atom. The summed E-state index contributed by atoms with van der Waals surface area (Å²) in [4.78, 5) is 11.8. The van der Waals surface area contributed by atoms with Crippen molar-refractivity contribution in [1.29, 1.82) is 0 Å². The molecule has 4 heteroatoms. The quantitative estimate of drug-likeness (QED) is 0.624. The van der Waals surface area contributed by atoms with Gasteiger partial charge in [0.05, 0.1) is 5.69 Å². The number of rotatable bonds is 6. The molecule has 2 aromatic carbocycles. The van der Waals surface area contributed by atoms with Crippen LogP contribution in [0.1, 0.15) is 42.5 Å². The van der Waals surface area contributed by atoms with Crippen molar-refractivity contribution >= 4 is 11.6 Å². The molecule has 2 aromatic rings. The van der Waals surface area contributed by atoms with Crippen LogP contribution in [0.5, 0.6) is 5.75 Å². The summed E-state index contributed by atoms with van der Waals surface area (Å²) < 4.78 is 5.92. The molecular weight excluding hydrogens is 302 g/mol. The van der Waals surface area contributed by atoms with Crippen LogP contribution < -0.4 is 9.80 Å². The first kappa shape index (κ1) is 18.0. The molecule has 0 radical (unpaired) electrons. The van der Waals surface area contributed by atoms with Gasteiger partial charge in [0.15, 0.2) is 0 Å². The molecule has 0 heterocycles. The SMILES string of the molecule is CCC(=O)N(O)c1cc(C)ccc1COc1ccc(CC)cc1C. The third kappa shape index (κ3) is 4.15. The van der Waals surface area contributed by atoms with E-state index in [-0.39, 0.29) is 18.9 Å². The Morgan fingerprint density at radius 1 is 1.12 bits per heavy atom. The van der Waals surface area contributed by atoms with E-state index in [1.807, 2.05) is 32.0 Å². The second kappa shape index (κ2) is 7.97. The smallest absolute Gasteiger partial charge is 0.250 e. The van der Waals surface area contributed by atoms with Crippen LogP contribution in [0.3, 0.4) is 0 Å². The van der Waals surface area contributed by atoms with E-state index in [9.17, 15) is 10.0 Å². The van der Waals surface area contributed by atoms with Crippen LogP contribution in [0.2, 0.25) is 0 Å². The number of anilines is 1. The summed E-state index contributed by atoms with van der Waals surface area (Å²) in [6.07, 6.45) is 1.23. The minimum absolute atomic E-state index is 0.238. The van der Waals surface area contributed by atoms with E-state index in [2.05, 4.69) is 19.1 Å². The number of hydrogen-bond acceptors (Lipinski definition) is 3. The van der Waals surface area contributed by atoms with Crippen LogP contribution in [0.4, 0.5) is 5.69 Å². The van der Waals surface area contributed by atoms with Gasteiger partial charge in [-0.25, -0.2) is 0 Å². The lowest BCUT2D eigenvalue weighted by Gasteiger charge is -2.19. The van der Waals surface area contributed by atoms with Gasteiger partial charge in [-0.05, 0) is 49.1 Å². The largest absolute Gasteiger partial charge is 0.489 e. The van der Waals surface area contributed by atoms with Crippen LogP contribution in [0, 0.1) is 13.8 Å². The maximum atomic E-state index is 11.8. The van der Waals surface area contributed by atoms with E-state index >= 15 is 0 Å². The van der Waals surface area contributed by atoms with Crippen molar-refractivity contribution in [3.63, 3.8) is 0 Å². The van der Waals surface area contributed by atoms with Gasteiger partial charge in [-0.3, -0.25) is 10.0 Å². The molecule has 0 aliphatic carbocycles. The molecule has 2 rings (SSSR count). The van der Waals surface area contributed by atoms with Gasteiger partial charge in [0.1, 0.15) is 12.4 Å². The second-order valence-electron chi connectivity index (χ2n) is 5.93. The highest BCUT2D eigenvalue weighted by Crippen LogP contribution is 2.25. The normalized spacial score (nSPS) is 10.5. The average molecular weight is 327 g/mol. The van der Waals surface area contributed by atoms with Gasteiger partial charge in [0.2, 0.25) is 5.91 Å². The first-order valence-electron chi connectivity index (χ1n) is 8.30. The fourth-order valence-corrected chi connectivity index (χ4v) is 2.53. The highest BCUT2D eigenvalue weighted by atomic mass is 16.5. The monoisotopic (exact) mass is 327 g/mol. The van der Waals surface area contributed by atoms with Crippen molar-refractivity contribution in [3.8, 4) is 5.75 Å². The maximum absolute atomic E-state index is 11.8. The Morgan fingerprint density at radius 2 is 1.88 bits per heavy atom. The highest BCUT2D eigenvalue weighted by Gasteiger charge is 2.16.